The Morgan fingerprint density at radius 2 is 1.90 bits per heavy atom. The van der Waals surface area contributed by atoms with Crippen molar-refractivity contribution in [2.24, 2.45) is 0 Å². The van der Waals surface area contributed by atoms with Crippen LogP contribution in [0.5, 0.6) is 0 Å². The number of rotatable bonds is 6. The third kappa shape index (κ3) is 4.54. The van der Waals surface area contributed by atoms with Gasteiger partial charge < -0.3 is 0 Å². The van der Waals surface area contributed by atoms with E-state index in [4.69, 9.17) is 11.6 Å². The van der Waals surface area contributed by atoms with Gasteiger partial charge in [-0.3, -0.25) is 14.9 Å². The lowest BCUT2D eigenvalue weighted by Gasteiger charge is -2.26. The Balaban J connectivity index is 1.95. The molecule has 2 N–H and O–H groups in total. The van der Waals surface area contributed by atoms with Gasteiger partial charge in [0, 0.05) is 22.7 Å². The number of sulfonamides is 1. The highest BCUT2D eigenvalue weighted by atomic mass is 35.5. The molecule has 1 heterocycles. The summed E-state index contributed by atoms with van der Waals surface area (Å²) in [6.45, 7) is 3.27. The molecule has 1 atom stereocenters. The molecule has 0 bridgehead atoms. The second-order valence-corrected chi connectivity index (χ2v) is 8.89. The predicted molar refractivity (Wildman–Crippen MR) is 112 cm³/mol. The highest BCUT2D eigenvalue weighted by Gasteiger charge is 2.33. The second-order valence-electron chi connectivity index (χ2n) is 6.47. The molecule has 2 aromatic carbocycles. The van der Waals surface area contributed by atoms with Crippen molar-refractivity contribution >= 4 is 38.9 Å². The highest BCUT2D eigenvalue weighted by molar-refractivity contribution is 7.92. The molecular weight excluding hydrogens is 417 g/mol. The Labute approximate surface area is 174 Å². The number of halogens is 2. The van der Waals surface area contributed by atoms with Crippen LogP contribution in [0.1, 0.15) is 37.4 Å². The zero-order valence-electron chi connectivity index (χ0n) is 15.9. The number of hydrogen-bond acceptors (Lipinski definition) is 4. The molecular formula is C20H21ClFN3O3S. The van der Waals surface area contributed by atoms with E-state index in [0.29, 0.717) is 16.9 Å². The molecule has 0 fully saturated rings. The minimum atomic E-state index is -3.37. The average Bonchev–Trinajstić information content (AvgIpc) is 3.12. The number of hydrazine groups is 1. The summed E-state index contributed by atoms with van der Waals surface area (Å²) < 4.78 is 40.3. The maximum absolute atomic E-state index is 14.5. The summed E-state index contributed by atoms with van der Waals surface area (Å²) in [7, 11) is -3.37. The number of carbonyl (C=O) groups excluding carboxylic acids is 1. The molecule has 0 spiro atoms. The molecule has 1 aliphatic heterocycles. The van der Waals surface area contributed by atoms with Crippen LogP contribution in [0, 0.1) is 5.82 Å². The summed E-state index contributed by atoms with van der Waals surface area (Å²) in [5.74, 6) is -0.742. The quantitative estimate of drug-likeness (QED) is 0.713. The minimum absolute atomic E-state index is 0.0272. The van der Waals surface area contributed by atoms with E-state index in [1.807, 2.05) is 0 Å². The van der Waals surface area contributed by atoms with E-state index in [9.17, 15) is 17.6 Å². The molecule has 154 valence electrons. The molecule has 0 radical (unpaired) electrons. The monoisotopic (exact) mass is 437 g/mol. The van der Waals surface area contributed by atoms with Crippen LogP contribution in [0.3, 0.4) is 0 Å². The minimum Gasteiger partial charge on any atom is -0.295 e. The van der Waals surface area contributed by atoms with Crippen LogP contribution in [0.2, 0.25) is 5.02 Å². The van der Waals surface area contributed by atoms with E-state index >= 15 is 0 Å². The van der Waals surface area contributed by atoms with Crippen LogP contribution in [0.4, 0.5) is 10.1 Å². The summed E-state index contributed by atoms with van der Waals surface area (Å²) in [4.78, 5) is 12.4. The molecule has 3 rings (SSSR count). The zero-order chi connectivity index (χ0) is 21.2. The molecule has 0 aliphatic carbocycles. The van der Waals surface area contributed by atoms with Crippen molar-refractivity contribution in [2.75, 3.05) is 10.5 Å². The first-order chi connectivity index (χ1) is 13.8. The first-order valence-electron chi connectivity index (χ1n) is 9.11. The molecule has 0 saturated heterocycles. The lowest BCUT2D eigenvalue weighted by atomic mass is 10.0. The SMILES string of the molecule is CCC(=O)N1NC(c2ccc(NS(=O)(=O)CC)cc2)=CC1c1c(F)cccc1Cl. The molecule has 0 aromatic heterocycles. The first-order valence-corrected chi connectivity index (χ1v) is 11.1. The summed E-state index contributed by atoms with van der Waals surface area (Å²) in [6.07, 6.45) is 1.96. The number of benzene rings is 2. The molecule has 0 saturated carbocycles. The maximum Gasteiger partial charge on any atom is 0.241 e. The number of anilines is 1. The average molecular weight is 438 g/mol. The third-order valence-electron chi connectivity index (χ3n) is 4.56. The van der Waals surface area contributed by atoms with Gasteiger partial charge in [-0.2, -0.15) is 0 Å². The van der Waals surface area contributed by atoms with Crippen molar-refractivity contribution in [3.05, 3.63) is 70.5 Å². The number of nitrogens with one attached hydrogen (secondary N) is 2. The summed E-state index contributed by atoms with van der Waals surface area (Å²) in [5, 5.41) is 1.58. The highest BCUT2D eigenvalue weighted by Crippen LogP contribution is 2.36. The van der Waals surface area contributed by atoms with E-state index in [0.717, 1.165) is 0 Å². The van der Waals surface area contributed by atoms with E-state index < -0.39 is 21.9 Å². The molecule has 6 nitrogen and oxygen atoms in total. The lowest BCUT2D eigenvalue weighted by molar-refractivity contribution is -0.134. The van der Waals surface area contributed by atoms with Crippen molar-refractivity contribution in [3.63, 3.8) is 0 Å². The van der Waals surface area contributed by atoms with Crippen molar-refractivity contribution in [1.29, 1.82) is 0 Å². The van der Waals surface area contributed by atoms with E-state index in [1.165, 1.54) is 17.1 Å². The van der Waals surface area contributed by atoms with Crippen LogP contribution in [-0.2, 0) is 14.8 Å². The normalized spacial score (nSPS) is 16.3. The van der Waals surface area contributed by atoms with Crippen LogP contribution in [-0.4, -0.2) is 25.1 Å². The Kier molecular flexibility index (Phi) is 6.14. The number of hydrogen-bond donors (Lipinski definition) is 2. The van der Waals surface area contributed by atoms with Crippen molar-refractivity contribution in [3.8, 4) is 0 Å². The predicted octanol–water partition coefficient (Wildman–Crippen LogP) is 4.08. The van der Waals surface area contributed by atoms with Gasteiger partial charge in [-0.15, -0.1) is 0 Å². The Bertz CT molecular complexity index is 1030. The van der Waals surface area contributed by atoms with Crippen LogP contribution >= 0.6 is 11.6 Å². The van der Waals surface area contributed by atoms with Crippen LogP contribution < -0.4 is 10.1 Å². The standard InChI is InChI=1S/C20H21ClFN3O3S/c1-3-19(26)25-18(20-15(21)6-5-7-16(20)22)12-17(23-25)13-8-10-14(11-9-13)24-29(27,28)4-2/h5-12,18,23-24H,3-4H2,1-2H3. The summed E-state index contributed by atoms with van der Waals surface area (Å²) >= 11 is 6.21. The molecule has 2 aromatic rings. The number of nitrogens with zero attached hydrogens (tertiary/aromatic N) is 1. The van der Waals surface area contributed by atoms with Gasteiger partial charge >= 0.3 is 0 Å². The lowest BCUT2D eigenvalue weighted by Crippen LogP contribution is -2.39. The van der Waals surface area contributed by atoms with Gasteiger partial charge in [0.1, 0.15) is 11.9 Å². The van der Waals surface area contributed by atoms with E-state index in [2.05, 4.69) is 10.1 Å². The molecule has 1 aliphatic rings. The van der Waals surface area contributed by atoms with E-state index in [-0.39, 0.29) is 28.7 Å². The zero-order valence-corrected chi connectivity index (χ0v) is 17.5. The Hall–Kier alpha value is -2.58. The number of amides is 1. The largest absolute Gasteiger partial charge is 0.295 e. The van der Waals surface area contributed by atoms with Gasteiger partial charge in [0.15, 0.2) is 0 Å². The van der Waals surface area contributed by atoms with Gasteiger partial charge in [0.05, 0.1) is 11.4 Å². The molecule has 29 heavy (non-hydrogen) atoms. The fraction of sp³-hybridized carbons (Fsp3) is 0.250. The van der Waals surface area contributed by atoms with E-state index in [1.54, 1.807) is 50.3 Å². The fourth-order valence-corrected chi connectivity index (χ4v) is 3.91. The molecule has 1 unspecified atom stereocenters. The van der Waals surface area contributed by atoms with Gasteiger partial charge in [0.25, 0.3) is 0 Å². The summed E-state index contributed by atoms with van der Waals surface area (Å²) in [6, 6.07) is 10.4. The maximum atomic E-state index is 14.5. The van der Waals surface area contributed by atoms with Crippen LogP contribution in [0.15, 0.2) is 48.5 Å². The molecule has 9 heteroatoms. The van der Waals surface area contributed by atoms with Crippen molar-refractivity contribution in [2.45, 2.75) is 26.3 Å². The van der Waals surface area contributed by atoms with Crippen molar-refractivity contribution < 1.29 is 17.6 Å². The van der Waals surface area contributed by atoms with Crippen molar-refractivity contribution in [1.82, 2.24) is 10.4 Å². The molecule has 1 amide bonds. The van der Waals surface area contributed by atoms with Gasteiger partial charge in [-0.05, 0) is 42.8 Å². The van der Waals surface area contributed by atoms with Gasteiger partial charge in [-0.25, -0.2) is 17.8 Å². The Morgan fingerprint density at radius 3 is 2.48 bits per heavy atom. The third-order valence-corrected chi connectivity index (χ3v) is 6.20. The topological polar surface area (TPSA) is 78.5 Å². The fourth-order valence-electron chi connectivity index (χ4n) is 2.99. The van der Waals surface area contributed by atoms with Crippen LogP contribution in [0.25, 0.3) is 5.70 Å². The first kappa shape index (κ1) is 21.1. The number of carbonyl (C=O) groups is 1. The smallest absolute Gasteiger partial charge is 0.241 e. The second kappa shape index (κ2) is 8.42. The van der Waals surface area contributed by atoms with Gasteiger partial charge in [-0.1, -0.05) is 36.7 Å². The Morgan fingerprint density at radius 1 is 1.21 bits per heavy atom. The summed E-state index contributed by atoms with van der Waals surface area (Å²) in [5.41, 5.74) is 4.98. The van der Waals surface area contributed by atoms with Gasteiger partial charge in [0.2, 0.25) is 15.9 Å².